The number of ether oxygens (including phenoxy) is 1. The Morgan fingerprint density at radius 1 is 1.15 bits per heavy atom. The number of benzene rings is 1. The van der Waals surface area contributed by atoms with Gasteiger partial charge in [0, 0.05) is 37.0 Å². The number of amides is 1. The summed E-state index contributed by atoms with van der Waals surface area (Å²) in [7, 11) is 0. The van der Waals surface area contributed by atoms with E-state index in [-0.39, 0.29) is 36.5 Å². The van der Waals surface area contributed by atoms with Gasteiger partial charge in [0.2, 0.25) is 0 Å². The third-order valence-electron chi connectivity index (χ3n) is 5.37. The number of rotatable bonds is 4. The minimum Gasteiger partial charge on any atom is -0.419 e. The number of halogens is 7. The molecule has 1 saturated heterocycles. The second-order valence-corrected chi connectivity index (χ2v) is 8.70. The van der Waals surface area contributed by atoms with Crippen LogP contribution in [0, 0.1) is 11.7 Å². The Labute approximate surface area is 204 Å². The maximum Gasteiger partial charge on any atom is 0.491 e. The average Bonchev–Trinajstić information content (AvgIpc) is 2.78. The van der Waals surface area contributed by atoms with Gasteiger partial charge >= 0.3 is 12.1 Å². The molecule has 1 aliphatic rings. The van der Waals surface area contributed by atoms with Crippen molar-refractivity contribution in [1.29, 1.82) is 0 Å². The number of nitrogens with two attached hydrogens (primary N) is 1. The molecule has 184 valence electrons. The smallest absolute Gasteiger partial charge is 0.419 e. The molecule has 2 heterocycles. The van der Waals surface area contributed by atoms with Gasteiger partial charge in [-0.25, -0.2) is 9.18 Å². The lowest BCUT2D eigenvalue weighted by atomic mass is 9.85. The minimum absolute atomic E-state index is 0.154. The van der Waals surface area contributed by atoms with Crippen LogP contribution in [0.2, 0.25) is 15.1 Å². The molecule has 34 heavy (non-hydrogen) atoms. The first-order valence-electron chi connectivity index (χ1n) is 9.70. The van der Waals surface area contributed by atoms with Crippen LogP contribution in [0.1, 0.15) is 34.8 Å². The summed E-state index contributed by atoms with van der Waals surface area (Å²) in [6, 6.07) is 0.808. The molecule has 1 aromatic carbocycles. The molecule has 0 spiro atoms. The number of aromatic nitrogens is 1. The summed E-state index contributed by atoms with van der Waals surface area (Å²) in [4.78, 5) is 39.2. The van der Waals surface area contributed by atoms with E-state index in [0.29, 0.717) is 0 Å². The van der Waals surface area contributed by atoms with Crippen molar-refractivity contribution in [3.05, 3.63) is 60.7 Å². The standard InChI is InChI=1S/C20H16Cl3F4N3O4/c21-10-6-12(34-19(33)20(25,26)27)13(15(24)14(10)23)16(28)8-1-3-30(4-2-8)18(32)9-5-11(22)17(31)29-7-9/h5-8,16H,1-4,28H2,(H,29,31)/t16-/m1/s1. The number of hydrogen-bond donors (Lipinski definition) is 2. The maximum atomic E-state index is 14.9. The first-order chi connectivity index (χ1) is 15.8. The van der Waals surface area contributed by atoms with Gasteiger partial charge in [-0.15, -0.1) is 0 Å². The van der Waals surface area contributed by atoms with Crippen LogP contribution in [-0.4, -0.2) is 41.0 Å². The number of carbonyl (C=O) groups is 2. The molecule has 0 saturated carbocycles. The van der Waals surface area contributed by atoms with Crippen molar-refractivity contribution in [1.82, 2.24) is 9.88 Å². The fraction of sp³-hybridized carbons (Fsp3) is 0.350. The number of H-pyrrole nitrogens is 1. The van der Waals surface area contributed by atoms with Gasteiger partial charge in [-0.2, -0.15) is 13.2 Å². The van der Waals surface area contributed by atoms with Gasteiger partial charge in [0.15, 0.2) is 5.82 Å². The number of likely N-dealkylation sites (tertiary alicyclic amines) is 1. The first-order valence-corrected chi connectivity index (χ1v) is 10.8. The van der Waals surface area contributed by atoms with E-state index < -0.39 is 62.7 Å². The van der Waals surface area contributed by atoms with E-state index in [2.05, 4.69) is 9.72 Å². The van der Waals surface area contributed by atoms with Crippen LogP contribution in [-0.2, 0) is 4.79 Å². The molecule has 0 aliphatic carbocycles. The van der Waals surface area contributed by atoms with Crippen molar-refractivity contribution in [3.8, 4) is 5.75 Å². The molecule has 7 nitrogen and oxygen atoms in total. The zero-order valence-electron chi connectivity index (χ0n) is 17.0. The normalized spacial score (nSPS) is 15.8. The molecule has 1 fully saturated rings. The van der Waals surface area contributed by atoms with E-state index in [1.165, 1.54) is 17.2 Å². The molecular weight excluding hydrogens is 529 g/mol. The predicted octanol–water partition coefficient (Wildman–Crippen LogP) is 4.49. The highest BCUT2D eigenvalue weighted by Crippen LogP contribution is 2.41. The number of carbonyl (C=O) groups excluding carboxylic acids is 2. The molecule has 3 rings (SSSR count). The van der Waals surface area contributed by atoms with E-state index >= 15 is 0 Å². The molecule has 0 radical (unpaired) electrons. The molecule has 1 aliphatic heterocycles. The van der Waals surface area contributed by atoms with Crippen molar-refractivity contribution in [2.75, 3.05) is 13.1 Å². The molecular formula is C20H16Cl3F4N3O4. The van der Waals surface area contributed by atoms with E-state index in [1.807, 2.05) is 0 Å². The minimum atomic E-state index is -5.33. The van der Waals surface area contributed by atoms with Crippen molar-refractivity contribution in [2.24, 2.45) is 11.7 Å². The largest absolute Gasteiger partial charge is 0.491 e. The Morgan fingerprint density at radius 2 is 1.76 bits per heavy atom. The third kappa shape index (κ3) is 5.48. The molecule has 0 bridgehead atoms. The summed E-state index contributed by atoms with van der Waals surface area (Å²) in [6.45, 7) is 0.350. The van der Waals surface area contributed by atoms with E-state index in [9.17, 15) is 31.9 Å². The number of aromatic amines is 1. The van der Waals surface area contributed by atoms with Gasteiger partial charge in [0.25, 0.3) is 11.5 Å². The van der Waals surface area contributed by atoms with E-state index in [0.717, 1.165) is 6.07 Å². The van der Waals surface area contributed by atoms with Crippen LogP contribution >= 0.6 is 34.8 Å². The number of alkyl halides is 3. The van der Waals surface area contributed by atoms with Gasteiger partial charge in [0.1, 0.15) is 10.8 Å². The van der Waals surface area contributed by atoms with Crippen LogP contribution in [0.3, 0.4) is 0 Å². The Bertz CT molecular complexity index is 1180. The van der Waals surface area contributed by atoms with Crippen molar-refractivity contribution in [3.63, 3.8) is 0 Å². The molecule has 1 atom stereocenters. The van der Waals surface area contributed by atoms with E-state index in [4.69, 9.17) is 40.5 Å². The lowest BCUT2D eigenvalue weighted by Crippen LogP contribution is -2.41. The fourth-order valence-electron chi connectivity index (χ4n) is 3.60. The van der Waals surface area contributed by atoms with Crippen LogP contribution < -0.4 is 16.0 Å². The lowest BCUT2D eigenvalue weighted by molar-refractivity contribution is -0.189. The Hall–Kier alpha value is -2.34. The molecule has 1 amide bonds. The van der Waals surface area contributed by atoms with Crippen molar-refractivity contribution < 1.29 is 31.9 Å². The molecule has 3 N–H and O–H groups in total. The summed E-state index contributed by atoms with van der Waals surface area (Å²) < 4.78 is 57.3. The number of esters is 1. The van der Waals surface area contributed by atoms with Crippen LogP contribution in [0.4, 0.5) is 17.6 Å². The SMILES string of the molecule is N[C@@H](c1c(OC(=O)C(F)(F)F)cc(Cl)c(Cl)c1F)C1CCN(C(=O)c2c[nH]c(=O)c(Cl)c2)CC1. The summed E-state index contributed by atoms with van der Waals surface area (Å²) in [5.74, 6) is -5.47. The summed E-state index contributed by atoms with van der Waals surface area (Å²) >= 11 is 17.3. The molecule has 2 aromatic rings. The molecule has 1 aromatic heterocycles. The quantitative estimate of drug-likeness (QED) is 0.255. The number of pyridine rings is 1. The Balaban J connectivity index is 1.80. The second-order valence-electron chi connectivity index (χ2n) is 7.51. The predicted molar refractivity (Wildman–Crippen MR) is 116 cm³/mol. The Kier molecular flexibility index (Phi) is 7.81. The van der Waals surface area contributed by atoms with Gasteiger partial charge in [-0.05, 0) is 24.8 Å². The monoisotopic (exact) mass is 543 g/mol. The average molecular weight is 545 g/mol. The summed E-state index contributed by atoms with van der Waals surface area (Å²) in [5, 5.41) is -1.19. The van der Waals surface area contributed by atoms with Crippen LogP contribution in [0.5, 0.6) is 5.75 Å². The number of nitrogens with one attached hydrogen (secondary N) is 1. The number of hydrogen-bond acceptors (Lipinski definition) is 5. The van der Waals surface area contributed by atoms with Gasteiger partial charge in [-0.1, -0.05) is 34.8 Å². The van der Waals surface area contributed by atoms with Gasteiger partial charge < -0.3 is 20.4 Å². The van der Waals surface area contributed by atoms with Crippen molar-refractivity contribution >= 4 is 46.7 Å². The van der Waals surface area contributed by atoms with E-state index in [1.54, 1.807) is 0 Å². The van der Waals surface area contributed by atoms with Crippen molar-refractivity contribution in [2.45, 2.75) is 25.1 Å². The Morgan fingerprint density at radius 3 is 2.32 bits per heavy atom. The van der Waals surface area contributed by atoms with Crippen LogP contribution in [0.15, 0.2) is 23.1 Å². The highest BCUT2D eigenvalue weighted by molar-refractivity contribution is 6.42. The van der Waals surface area contributed by atoms with Gasteiger partial charge in [-0.3, -0.25) is 9.59 Å². The maximum absolute atomic E-state index is 14.9. The first kappa shape index (κ1) is 26.3. The third-order valence-corrected chi connectivity index (χ3v) is 6.41. The molecule has 14 heteroatoms. The second kappa shape index (κ2) is 10.1. The fourth-order valence-corrected chi connectivity index (χ4v) is 4.11. The van der Waals surface area contributed by atoms with Gasteiger partial charge in [0.05, 0.1) is 15.6 Å². The number of piperidine rings is 1. The van der Waals surface area contributed by atoms with Crippen LogP contribution in [0.25, 0.3) is 0 Å². The zero-order valence-corrected chi connectivity index (χ0v) is 19.3. The zero-order chi connectivity index (χ0) is 25.4. The summed E-state index contributed by atoms with van der Waals surface area (Å²) in [5.41, 5.74) is 5.25. The molecule has 0 unspecified atom stereocenters. The highest BCUT2D eigenvalue weighted by Gasteiger charge is 2.42. The summed E-state index contributed by atoms with van der Waals surface area (Å²) in [6.07, 6.45) is -3.62. The highest BCUT2D eigenvalue weighted by atomic mass is 35.5. The number of nitrogens with zero attached hydrogens (tertiary/aromatic N) is 1. The lowest BCUT2D eigenvalue weighted by Gasteiger charge is -2.35. The topological polar surface area (TPSA) is 105 Å².